The largest absolute Gasteiger partial charge is 0.497 e. The van der Waals surface area contributed by atoms with Crippen molar-refractivity contribution >= 4 is 5.91 Å². The van der Waals surface area contributed by atoms with E-state index in [-0.39, 0.29) is 5.91 Å². The summed E-state index contributed by atoms with van der Waals surface area (Å²) in [6.07, 6.45) is -0.593. The van der Waals surface area contributed by atoms with Gasteiger partial charge in [-0.1, -0.05) is 42.5 Å². The maximum atomic E-state index is 12.2. The summed E-state index contributed by atoms with van der Waals surface area (Å²) in [7, 11) is 3.16. The third kappa shape index (κ3) is 4.07. The first-order valence-corrected chi connectivity index (χ1v) is 6.73. The minimum atomic E-state index is -0.593. The van der Waals surface area contributed by atoms with Crippen LogP contribution >= 0.6 is 0 Å². The predicted molar refractivity (Wildman–Crippen MR) is 81.0 cm³/mol. The van der Waals surface area contributed by atoms with E-state index in [1.54, 1.807) is 7.11 Å². The second kappa shape index (κ2) is 7.45. The molecule has 0 spiro atoms. The number of carbonyl (C=O) groups excluding carboxylic acids is 1. The van der Waals surface area contributed by atoms with Gasteiger partial charge < -0.3 is 14.8 Å². The van der Waals surface area contributed by atoms with Crippen LogP contribution in [0, 0.1) is 0 Å². The topological polar surface area (TPSA) is 47.6 Å². The lowest BCUT2D eigenvalue weighted by Crippen LogP contribution is -2.29. The fraction of sp³-hybridized carbons (Fsp3) is 0.235. The Bertz CT molecular complexity index is 566. The molecule has 110 valence electrons. The first-order chi connectivity index (χ1) is 10.2. The number of carbonyl (C=O) groups is 1. The number of ether oxygens (including phenoxy) is 2. The van der Waals surface area contributed by atoms with Gasteiger partial charge in [-0.05, 0) is 23.3 Å². The molecule has 0 aliphatic carbocycles. The second-order valence-electron chi connectivity index (χ2n) is 4.59. The molecule has 2 aromatic carbocycles. The smallest absolute Gasteiger partial charge is 0.254 e. The molecule has 0 aliphatic rings. The summed E-state index contributed by atoms with van der Waals surface area (Å²) in [6, 6.07) is 17.0. The number of nitrogens with one attached hydrogen (secondary N) is 1. The van der Waals surface area contributed by atoms with Crippen molar-refractivity contribution in [1.82, 2.24) is 5.32 Å². The van der Waals surface area contributed by atoms with E-state index in [4.69, 9.17) is 9.47 Å². The molecule has 4 heteroatoms. The number of methoxy groups -OCH3 is 2. The lowest BCUT2D eigenvalue weighted by Gasteiger charge is -2.15. The monoisotopic (exact) mass is 285 g/mol. The Morgan fingerprint density at radius 1 is 1.05 bits per heavy atom. The number of hydrogen-bond donors (Lipinski definition) is 1. The number of benzene rings is 2. The van der Waals surface area contributed by atoms with Gasteiger partial charge in [0, 0.05) is 13.7 Å². The lowest BCUT2D eigenvalue weighted by molar-refractivity contribution is -0.131. The molecule has 0 unspecified atom stereocenters. The quantitative estimate of drug-likeness (QED) is 0.887. The highest BCUT2D eigenvalue weighted by atomic mass is 16.5. The van der Waals surface area contributed by atoms with Crippen LogP contribution in [-0.4, -0.2) is 20.1 Å². The van der Waals surface area contributed by atoms with Crippen LogP contribution < -0.4 is 10.1 Å². The van der Waals surface area contributed by atoms with E-state index in [1.807, 2.05) is 54.6 Å². The SMILES string of the molecule is COc1ccc(CNC(=O)[C@@H](OC)c2ccccc2)cc1. The van der Waals surface area contributed by atoms with Gasteiger partial charge >= 0.3 is 0 Å². The molecule has 0 radical (unpaired) electrons. The zero-order chi connectivity index (χ0) is 15.1. The van der Waals surface area contributed by atoms with Crippen molar-refractivity contribution in [2.45, 2.75) is 12.6 Å². The Labute approximate surface area is 124 Å². The van der Waals surface area contributed by atoms with Gasteiger partial charge in [-0.25, -0.2) is 0 Å². The average Bonchev–Trinajstić information content (AvgIpc) is 2.55. The van der Waals surface area contributed by atoms with Crippen molar-refractivity contribution < 1.29 is 14.3 Å². The van der Waals surface area contributed by atoms with Gasteiger partial charge in [0.2, 0.25) is 0 Å². The molecule has 0 saturated carbocycles. The lowest BCUT2D eigenvalue weighted by atomic mass is 10.1. The van der Waals surface area contributed by atoms with Crippen molar-refractivity contribution in [2.75, 3.05) is 14.2 Å². The van der Waals surface area contributed by atoms with Crippen molar-refractivity contribution in [3.63, 3.8) is 0 Å². The fourth-order valence-electron chi connectivity index (χ4n) is 2.05. The summed E-state index contributed by atoms with van der Waals surface area (Å²) in [5.74, 6) is 0.642. The molecule has 2 aromatic rings. The van der Waals surface area contributed by atoms with Gasteiger partial charge in [0.15, 0.2) is 6.10 Å². The molecule has 0 aliphatic heterocycles. The van der Waals surface area contributed by atoms with Gasteiger partial charge in [-0.2, -0.15) is 0 Å². The van der Waals surface area contributed by atoms with Crippen molar-refractivity contribution in [1.29, 1.82) is 0 Å². The first kappa shape index (κ1) is 15.1. The number of hydrogen-bond acceptors (Lipinski definition) is 3. The molecule has 1 N–H and O–H groups in total. The second-order valence-corrected chi connectivity index (χ2v) is 4.59. The molecular formula is C17H19NO3. The van der Waals surface area contributed by atoms with Crippen LogP contribution in [0.15, 0.2) is 54.6 Å². The van der Waals surface area contributed by atoms with E-state index >= 15 is 0 Å². The third-order valence-electron chi connectivity index (χ3n) is 3.20. The maximum Gasteiger partial charge on any atom is 0.254 e. The Hall–Kier alpha value is -2.33. The van der Waals surface area contributed by atoms with E-state index in [1.165, 1.54) is 7.11 Å². The van der Waals surface area contributed by atoms with Crippen LogP contribution in [0.5, 0.6) is 5.75 Å². The number of amides is 1. The summed E-state index contributed by atoms with van der Waals surface area (Å²) < 4.78 is 10.4. The van der Waals surface area contributed by atoms with Crippen LogP contribution in [0.3, 0.4) is 0 Å². The van der Waals surface area contributed by atoms with Crippen LogP contribution in [-0.2, 0) is 16.1 Å². The standard InChI is InChI=1S/C17H19NO3/c1-20-15-10-8-13(9-11-15)12-18-17(19)16(21-2)14-6-4-3-5-7-14/h3-11,16H,12H2,1-2H3,(H,18,19)/t16-/m0/s1. The Morgan fingerprint density at radius 3 is 2.29 bits per heavy atom. The summed E-state index contributed by atoms with van der Waals surface area (Å²) in [5.41, 5.74) is 1.85. The molecule has 2 rings (SSSR count). The van der Waals surface area contributed by atoms with Crippen LogP contribution in [0.4, 0.5) is 0 Å². The van der Waals surface area contributed by atoms with Crippen molar-refractivity contribution in [3.8, 4) is 5.75 Å². The van der Waals surface area contributed by atoms with Gasteiger partial charge in [0.1, 0.15) is 5.75 Å². The molecule has 0 heterocycles. The highest BCUT2D eigenvalue weighted by molar-refractivity contribution is 5.82. The maximum absolute atomic E-state index is 12.2. The zero-order valence-electron chi connectivity index (χ0n) is 12.2. The minimum Gasteiger partial charge on any atom is -0.497 e. The van der Waals surface area contributed by atoms with E-state index in [2.05, 4.69) is 5.32 Å². The molecule has 0 fully saturated rings. The molecule has 1 amide bonds. The average molecular weight is 285 g/mol. The first-order valence-electron chi connectivity index (χ1n) is 6.73. The van der Waals surface area contributed by atoms with Gasteiger partial charge in [0.25, 0.3) is 5.91 Å². The molecule has 1 atom stereocenters. The normalized spacial score (nSPS) is 11.7. The molecule has 0 saturated heterocycles. The minimum absolute atomic E-state index is 0.153. The van der Waals surface area contributed by atoms with Crippen molar-refractivity contribution in [2.24, 2.45) is 0 Å². The van der Waals surface area contributed by atoms with E-state index in [0.717, 1.165) is 16.9 Å². The third-order valence-corrected chi connectivity index (χ3v) is 3.20. The predicted octanol–water partition coefficient (Wildman–Crippen LogP) is 2.70. The number of rotatable bonds is 6. The molecule has 21 heavy (non-hydrogen) atoms. The van der Waals surface area contributed by atoms with Gasteiger partial charge in [-0.15, -0.1) is 0 Å². The van der Waals surface area contributed by atoms with Gasteiger partial charge in [0.05, 0.1) is 7.11 Å². The Kier molecular flexibility index (Phi) is 5.35. The summed E-state index contributed by atoms with van der Waals surface area (Å²) in [4.78, 5) is 12.2. The fourth-order valence-corrected chi connectivity index (χ4v) is 2.05. The summed E-state index contributed by atoms with van der Waals surface area (Å²) >= 11 is 0. The summed E-state index contributed by atoms with van der Waals surface area (Å²) in [5, 5.41) is 2.88. The van der Waals surface area contributed by atoms with E-state index in [0.29, 0.717) is 6.54 Å². The van der Waals surface area contributed by atoms with E-state index in [9.17, 15) is 4.79 Å². The van der Waals surface area contributed by atoms with Gasteiger partial charge in [-0.3, -0.25) is 4.79 Å². The van der Waals surface area contributed by atoms with Crippen LogP contribution in [0.1, 0.15) is 17.2 Å². The van der Waals surface area contributed by atoms with Crippen molar-refractivity contribution in [3.05, 3.63) is 65.7 Å². The molecule has 4 nitrogen and oxygen atoms in total. The highest BCUT2D eigenvalue weighted by Gasteiger charge is 2.19. The molecule has 0 bridgehead atoms. The van der Waals surface area contributed by atoms with Crippen LogP contribution in [0.25, 0.3) is 0 Å². The summed E-state index contributed by atoms with van der Waals surface area (Å²) in [6.45, 7) is 0.454. The molecular weight excluding hydrogens is 266 g/mol. The highest BCUT2D eigenvalue weighted by Crippen LogP contribution is 2.17. The Balaban J connectivity index is 1.96. The molecule has 0 aromatic heterocycles. The van der Waals surface area contributed by atoms with Crippen LogP contribution in [0.2, 0.25) is 0 Å². The Morgan fingerprint density at radius 2 is 1.71 bits per heavy atom. The van der Waals surface area contributed by atoms with E-state index < -0.39 is 6.10 Å². The zero-order valence-corrected chi connectivity index (χ0v) is 12.2.